The number of anilines is 2. The minimum atomic E-state index is -1.16. The molecule has 0 bridgehead atoms. The molecule has 0 atom stereocenters. The number of H-pyrrole nitrogens is 2. The van der Waals surface area contributed by atoms with E-state index in [1.807, 2.05) is 55.3 Å². The van der Waals surface area contributed by atoms with Crippen molar-refractivity contribution < 1.29 is 14.7 Å². The van der Waals surface area contributed by atoms with Gasteiger partial charge in [-0.2, -0.15) is 10.2 Å². The minimum absolute atomic E-state index is 0.167. The van der Waals surface area contributed by atoms with Crippen molar-refractivity contribution in [1.29, 1.82) is 0 Å². The lowest BCUT2D eigenvalue weighted by atomic mass is 10.2. The van der Waals surface area contributed by atoms with Crippen molar-refractivity contribution in [2.75, 3.05) is 11.1 Å². The van der Waals surface area contributed by atoms with Crippen molar-refractivity contribution in [3.05, 3.63) is 116 Å². The molecule has 0 unspecified atom stereocenters. The number of carbonyl (C=O) groups excluding carboxylic acids is 1. The van der Waals surface area contributed by atoms with Crippen LogP contribution < -0.4 is 22.2 Å². The highest BCUT2D eigenvalue weighted by molar-refractivity contribution is 6.02. The summed E-state index contributed by atoms with van der Waals surface area (Å²) >= 11 is 0. The minimum Gasteiger partial charge on any atom is -0.476 e. The molecule has 2 aromatic carbocycles. The smallest absolute Gasteiger partial charge is 0.356 e. The maximum atomic E-state index is 11.7. The van der Waals surface area contributed by atoms with Crippen molar-refractivity contribution in [2.45, 2.75) is 13.8 Å². The lowest BCUT2D eigenvalue weighted by molar-refractivity contribution is 0.0689. The Bertz CT molecular complexity index is 1320. The van der Waals surface area contributed by atoms with E-state index in [1.165, 1.54) is 17.7 Å². The first-order valence-corrected chi connectivity index (χ1v) is 10.2. The van der Waals surface area contributed by atoms with Crippen LogP contribution in [0.3, 0.4) is 0 Å². The largest absolute Gasteiger partial charge is 0.476 e. The number of nitrogens with zero attached hydrogens (tertiary/aromatic N) is 2. The van der Waals surface area contributed by atoms with Crippen molar-refractivity contribution in [2.24, 2.45) is 0 Å². The molecular formula is C24H24N6O5. The van der Waals surface area contributed by atoms with Crippen molar-refractivity contribution in [3.8, 4) is 0 Å². The number of nitrogen functional groups attached to an aromatic ring is 1. The fourth-order valence-corrected chi connectivity index (χ4v) is 2.33. The highest BCUT2D eigenvalue weighted by atomic mass is 16.4. The number of carboxylic acid groups (broad SMARTS) is 1. The van der Waals surface area contributed by atoms with Gasteiger partial charge in [0.15, 0.2) is 5.69 Å². The second-order valence-electron chi connectivity index (χ2n) is 7.15. The molecule has 0 spiro atoms. The molecule has 0 radical (unpaired) electrons. The number of hydrogen-bond acceptors (Lipinski definition) is 7. The van der Waals surface area contributed by atoms with Gasteiger partial charge >= 0.3 is 5.97 Å². The number of benzene rings is 2. The highest BCUT2D eigenvalue weighted by Gasteiger charge is 2.07. The van der Waals surface area contributed by atoms with Gasteiger partial charge in [0.1, 0.15) is 5.69 Å². The summed E-state index contributed by atoms with van der Waals surface area (Å²) in [7, 11) is 0. The average Bonchev–Trinajstić information content (AvgIpc) is 2.84. The first kappa shape index (κ1) is 26.2. The first-order chi connectivity index (χ1) is 16.6. The SMILES string of the molecule is Cc1ccc(N)cc1.Cc1ccc(NC(=O)c2ccc(=O)[nH]n2)cc1.O=C(O)c1ccc(=O)[nH]n1. The molecule has 0 saturated heterocycles. The predicted molar refractivity (Wildman–Crippen MR) is 131 cm³/mol. The van der Waals surface area contributed by atoms with Crippen LogP contribution in [-0.2, 0) is 0 Å². The van der Waals surface area contributed by atoms with Gasteiger partial charge in [-0.05, 0) is 50.2 Å². The van der Waals surface area contributed by atoms with Gasteiger partial charge in [0.25, 0.3) is 17.0 Å². The second kappa shape index (κ2) is 12.8. The van der Waals surface area contributed by atoms with Gasteiger partial charge in [0.05, 0.1) is 0 Å². The maximum Gasteiger partial charge on any atom is 0.356 e. The van der Waals surface area contributed by atoms with Crippen LogP contribution in [0.25, 0.3) is 0 Å². The van der Waals surface area contributed by atoms with E-state index in [9.17, 15) is 19.2 Å². The summed E-state index contributed by atoms with van der Waals surface area (Å²) in [4.78, 5) is 43.0. The molecule has 0 aliphatic heterocycles. The summed E-state index contributed by atoms with van der Waals surface area (Å²) in [6.45, 7) is 4.01. The van der Waals surface area contributed by atoms with Crippen LogP contribution in [0, 0.1) is 13.8 Å². The molecule has 2 aromatic heterocycles. The molecule has 180 valence electrons. The number of aromatic amines is 2. The number of aryl methyl sites for hydroxylation is 2. The van der Waals surface area contributed by atoms with Gasteiger partial charge < -0.3 is 16.2 Å². The number of nitrogens with one attached hydrogen (secondary N) is 3. The fraction of sp³-hybridized carbons (Fsp3) is 0.0833. The fourth-order valence-electron chi connectivity index (χ4n) is 2.33. The van der Waals surface area contributed by atoms with Crippen LogP contribution in [0.15, 0.2) is 82.4 Å². The number of aromatic nitrogens is 4. The Labute approximate surface area is 199 Å². The van der Waals surface area contributed by atoms with Gasteiger partial charge in [-0.1, -0.05) is 35.4 Å². The molecule has 0 aliphatic carbocycles. The van der Waals surface area contributed by atoms with Crippen LogP contribution in [-0.4, -0.2) is 37.4 Å². The Kier molecular flexibility index (Phi) is 9.61. The predicted octanol–water partition coefficient (Wildman–Crippen LogP) is 2.38. The summed E-state index contributed by atoms with van der Waals surface area (Å²) in [5, 5.41) is 22.1. The Hall–Kier alpha value is -5.06. The van der Waals surface area contributed by atoms with E-state index in [1.54, 1.807) is 12.1 Å². The summed E-state index contributed by atoms with van der Waals surface area (Å²) < 4.78 is 0. The zero-order valence-corrected chi connectivity index (χ0v) is 19.0. The topological polar surface area (TPSA) is 184 Å². The molecule has 4 rings (SSSR count). The van der Waals surface area contributed by atoms with Crippen LogP contribution in [0.5, 0.6) is 0 Å². The monoisotopic (exact) mass is 476 g/mol. The lowest BCUT2D eigenvalue weighted by Crippen LogP contribution is -2.17. The van der Waals surface area contributed by atoms with Crippen molar-refractivity contribution in [1.82, 2.24) is 20.4 Å². The van der Waals surface area contributed by atoms with Crippen LogP contribution in [0.2, 0.25) is 0 Å². The van der Waals surface area contributed by atoms with Gasteiger partial charge in [0.2, 0.25) is 0 Å². The van der Waals surface area contributed by atoms with E-state index in [4.69, 9.17) is 10.8 Å². The number of hydrogen-bond donors (Lipinski definition) is 5. The van der Waals surface area contributed by atoms with Crippen LogP contribution in [0.4, 0.5) is 11.4 Å². The third kappa shape index (κ3) is 9.53. The Morgan fingerprint density at radius 3 is 1.60 bits per heavy atom. The summed E-state index contributed by atoms with van der Waals surface area (Å²) in [6.07, 6.45) is 0. The Balaban J connectivity index is 0.000000204. The maximum absolute atomic E-state index is 11.7. The number of rotatable bonds is 3. The number of carbonyl (C=O) groups is 2. The normalized spacial score (nSPS) is 9.54. The third-order valence-electron chi connectivity index (χ3n) is 4.20. The van der Waals surface area contributed by atoms with E-state index < -0.39 is 11.5 Å². The molecule has 6 N–H and O–H groups in total. The van der Waals surface area contributed by atoms with E-state index in [0.717, 1.165) is 23.4 Å². The molecule has 0 saturated carbocycles. The standard InChI is InChI=1S/C12H11N3O2.C7H9N.C5H4N2O3/c1-8-2-4-9(5-3-8)13-12(17)10-6-7-11(16)15-14-10;1-6-2-4-7(8)5-3-6;8-4-2-1-3(5(9)10)6-7-4/h2-7H,1H3,(H,13,17)(H,15,16);2-5H,8H2,1H3;1-2H,(H,7,8)(H,9,10). The molecule has 0 fully saturated rings. The highest BCUT2D eigenvalue weighted by Crippen LogP contribution is 2.09. The number of carboxylic acids is 1. The Morgan fingerprint density at radius 1 is 0.743 bits per heavy atom. The molecule has 0 aliphatic rings. The summed E-state index contributed by atoms with van der Waals surface area (Å²) in [6, 6.07) is 20.1. The van der Waals surface area contributed by atoms with E-state index in [0.29, 0.717) is 5.69 Å². The second-order valence-corrected chi connectivity index (χ2v) is 7.15. The zero-order valence-electron chi connectivity index (χ0n) is 19.0. The zero-order chi connectivity index (χ0) is 25.8. The molecular weight excluding hydrogens is 452 g/mol. The van der Waals surface area contributed by atoms with Crippen LogP contribution in [0.1, 0.15) is 32.1 Å². The van der Waals surface area contributed by atoms with Gasteiger partial charge in [-0.25, -0.2) is 15.0 Å². The molecule has 35 heavy (non-hydrogen) atoms. The molecule has 1 amide bonds. The van der Waals surface area contributed by atoms with Crippen molar-refractivity contribution >= 4 is 23.3 Å². The Morgan fingerprint density at radius 2 is 1.20 bits per heavy atom. The van der Waals surface area contributed by atoms with Crippen molar-refractivity contribution in [3.63, 3.8) is 0 Å². The average molecular weight is 476 g/mol. The lowest BCUT2D eigenvalue weighted by Gasteiger charge is -2.04. The van der Waals surface area contributed by atoms with E-state index in [-0.39, 0.29) is 22.9 Å². The summed E-state index contributed by atoms with van der Waals surface area (Å²) in [5.74, 6) is -1.51. The molecule has 2 heterocycles. The summed E-state index contributed by atoms with van der Waals surface area (Å²) in [5.41, 5.74) is 8.57. The molecule has 11 nitrogen and oxygen atoms in total. The molecule has 11 heteroatoms. The quantitative estimate of drug-likeness (QED) is 0.279. The third-order valence-corrected chi connectivity index (χ3v) is 4.20. The first-order valence-electron chi connectivity index (χ1n) is 10.2. The van der Waals surface area contributed by atoms with Gasteiger partial charge in [0, 0.05) is 23.5 Å². The van der Waals surface area contributed by atoms with Gasteiger partial charge in [-0.15, -0.1) is 0 Å². The number of amides is 1. The molecule has 4 aromatic rings. The van der Waals surface area contributed by atoms with E-state index in [2.05, 4.69) is 20.6 Å². The number of nitrogens with two attached hydrogens (primary N) is 1. The van der Waals surface area contributed by atoms with Crippen LogP contribution >= 0.6 is 0 Å². The van der Waals surface area contributed by atoms with E-state index >= 15 is 0 Å². The van der Waals surface area contributed by atoms with Gasteiger partial charge in [-0.3, -0.25) is 14.4 Å². The number of aromatic carboxylic acids is 1.